The molecule has 0 aromatic rings. The van der Waals surface area contributed by atoms with Crippen LogP contribution in [-0.4, -0.2) is 31.5 Å². The molecule has 0 bridgehead atoms. The molecule has 13 heavy (non-hydrogen) atoms. The molecule has 0 aromatic heterocycles. The van der Waals surface area contributed by atoms with Gasteiger partial charge in [0, 0.05) is 26.1 Å². The minimum atomic E-state index is -0.956. The second-order valence-corrected chi connectivity index (χ2v) is 3.95. The highest BCUT2D eigenvalue weighted by molar-refractivity contribution is 5.85. The quantitative estimate of drug-likeness (QED) is 0.747. The topological polar surface area (TPSA) is 21.3 Å². The summed E-state index contributed by atoms with van der Waals surface area (Å²) < 4.78 is 19.0. The predicted molar refractivity (Wildman–Crippen MR) is 52.2 cm³/mol. The summed E-state index contributed by atoms with van der Waals surface area (Å²) in [5.41, 5.74) is -0.956. The van der Waals surface area contributed by atoms with Crippen LogP contribution < -0.4 is 5.32 Å². The largest absolute Gasteiger partial charge is 0.378 e. The zero-order valence-electron chi connectivity index (χ0n) is 7.72. The van der Waals surface area contributed by atoms with Gasteiger partial charge in [-0.25, -0.2) is 4.39 Å². The van der Waals surface area contributed by atoms with Gasteiger partial charge in [-0.2, -0.15) is 0 Å². The number of ether oxygens (including phenoxy) is 1. The van der Waals surface area contributed by atoms with Crippen LogP contribution in [0.4, 0.5) is 4.39 Å². The number of nitrogens with one attached hydrogen (secondary N) is 1. The molecule has 78 valence electrons. The Labute approximate surface area is 84.6 Å². The van der Waals surface area contributed by atoms with E-state index in [-0.39, 0.29) is 18.5 Å². The summed E-state index contributed by atoms with van der Waals surface area (Å²) in [4.78, 5) is 0. The Hall–Kier alpha value is 0.140. The zero-order valence-corrected chi connectivity index (χ0v) is 8.54. The summed E-state index contributed by atoms with van der Waals surface area (Å²) in [5.74, 6) is 0. The van der Waals surface area contributed by atoms with Gasteiger partial charge in [0.05, 0.1) is 6.10 Å². The van der Waals surface area contributed by atoms with Crippen LogP contribution in [0, 0.1) is 0 Å². The molecule has 2 fully saturated rings. The third kappa shape index (κ3) is 2.79. The lowest BCUT2D eigenvalue weighted by Crippen LogP contribution is -2.57. The molecular formula is C9H17ClFNO. The van der Waals surface area contributed by atoms with Crippen molar-refractivity contribution in [1.82, 2.24) is 5.32 Å². The molecule has 0 spiro atoms. The second-order valence-electron chi connectivity index (χ2n) is 3.95. The molecule has 0 aliphatic carbocycles. The highest BCUT2D eigenvalue weighted by atomic mass is 35.5. The Kier molecular flexibility index (Phi) is 3.95. The van der Waals surface area contributed by atoms with Gasteiger partial charge in [-0.3, -0.25) is 0 Å². The van der Waals surface area contributed by atoms with E-state index < -0.39 is 5.67 Å². The SMILES string of the molecule is Cl.FC1(CC2CCCCO2)CNC1. The van der Waals surface area contributed by atoms with Crippen molar-refractivity contribution in [2.75, 3.05) is 19.7 Å². The van der Waals surface area contributed by atoms with Crippen LogP contribution in [0.1, 0.15) is 25.7 Å². The fourth-order valence-electron chi connectivity index (χ4n) is 1.92. The first kappa shape index (κ1) is 11.2. The first-order valence-corrected chi connectivity index (χ1v) is 4.80. The van der Waals surface area contributed by atoms with Crippen LogP contribution in [0.25, 0.3) is 0 Å². The van der Waals surface area contributed by atoms with Crippen molar-refractivity contribution in [1.29, 1.82) is 0 Å². The lowest BCUT2D eigenvalue weighted by molar-refractivity contribution is -0.0398. The molecule has 0 aromatic carbocycles. The Morgan fingerprint density at radius 2 is 2.15 bits per heavy atom. The molecule has 0 amide bonds. The van der Waals surface area contributed by atoms with Crippen LogP contribution in [0.3, 0.4) is 0 Å². The van der Waals surface area contributed by atoms with E-state index in [9.17, 15) is 4.39 Å². The summed E-state index contributed by atoms with van der Waals surface area (Å²) in [6.07, 6.45) is 4.18. The Morgan fingerprint density at radius 3 is 2.62 bits per heavy atom. The van der Waals surface area contributed by atoms with E-state index in [2.05, 4.69) is 5.32 Å². The van der Waals surface area contributed by atoms with Crippen molar-refractivity contribution < 1.29 is 9.13 Å². The van der Waals surface area contributed by atoms with Crippen LogP contribution >= 0.6 is 12.4 Å². The van der Waals surface area contributed by atoms with Crippen molar-refractivity contribution in [3.05, 3.63) is 0 Å². The smallest absolute Gasteiger partial charge is 0.138 e. The molecule has 2 saturated heterocycles. The van der Waals surface area contributed by atoms with Gasteiger partial charge < -0.3 is 10.1 Å². The third-order valence-electron chi connectivity index (χ3n) is 2.75. The Bertz CT molecular complexity index is 158. The van der Waals surface area contributed by atoms with Gasteiger partial charge in [0.25, 0.3) is 0 Å². The van der Waals surface area contributed by atoms with Gasteiger partial charge in [-0.05, 0) is 19.3 Å². The molecule has 1 N–H and O–H groups in total. The molecule has 2 aliphatic heterocycles. The van der Waals surface area contributed by atoms with E-state index >= 15 is 0 Å². The van der Waals surface area contributed by atoms with Gasteiger partial charge in [0.15, 0.2) is 0 Å². The van der Waals surface area contributed by atoms with Crippen molar-refractivity contribution in [2.45, 2.75) is 37.5 Å². The molecule has 2 heterocycles. The molecule has 1 unspecified atom stereocenters. The van der Waals surface area contributed by atoms with Crippen molar-refractivity contribution >= 4 is 12.4 Å². The van der Waals surface area contributed by atoms with Gasteiger partial charge >= 0.3 is 0 Å². The van der Waals surface area contributed by atoms with Gasteiger partial charge in [0.1, 0.15) is 5.67 Å². The van der Waals surface area contributed by atoms with Gasteiger partial charge in [-0.15, -0.1) is 12.4 Å². The maximum Gasteiger partial charge on any atom is 0.138 e. The first-order valence-electron chi connectivity index (χ1n) is 4.80. The highest BCUT2D eigenvalue weighted by Gasteiger charge is 2.39. The van der Waals surface area contributed by atoms with Crippen molar-refractivity contribution in [3.8, 4) is 0 Å². The monoisotopic (exact) mass is 209 g/mol. The van der Waals surface area contributed by atoms with E-state index in [1.54, 1.807) is 0 Å². The second kappa shape index (κ2) is 4.58. The standard InChI is InChI=1S/C9H16FNO.ClH/c10-9(6-11-7-9)5-8-3-1-2-4-12-8;/h8,11H,1-7H2;1H. The number of hydrogen-bond acceptors (Lipinski definition) is 2. The molecule has 2 rings (SSSR count). The summed E-state index contributed by atoms with van der Waals surface area (Å²) in [6.45, 7) is 1.87. The normalized spacial score (nSPS) is 31.6. The fraction of sp³-hybridized carbons (Fsp3) is 1.00. The number of hydrogen-bond donors (Lipinski definition) is 1. The number of halogens is 2. The highest BCUT2D eigenvalue weighted by Crippen LogP contribution is 2.27. The Balaban J connectivity index is 0.000000845. The summed E-state index contributed by atoms with van der Waals surface area (Å²) in [5, 5.41) is 2.96. The molecule has 2 aliphatic rings. The maximum atomic E-state index is 13.5. The molecule has 1 atom stereocenters. The summed E-state index contributed by atoms with van der Waals surface area (Å²) >= 11 is 0. The average Bonchev–Trinajstić information content (AvgIpc) is 2.04. The van der Waals surface area contributed by atoms with E-state index in [4.69, 9.17) is 4.74 Å². The van der Waals surface area contributed by atoms with Gasteiger partial charge in [-0.1, -0.05) is 0 Å². The minimum Gasteiger partial charge on any atom is -0.378 e. The van der Waals surface area contributed by atoms with Crippen LogP contribution in [0.15, 0.2) is 0 Å². The van der Waals surface area contributed by atoms with E-state index in [0.717, 1.165) is 19.4 Å². The Morgan fingerprint density at radius 1 is 1.38 bits per heavy atom. The van der Waals surface area contributed by atoms with Crippen molar-refractivity contribution in [3.63, 3.8) is 0 Å². The summed E-state index contributed by atoms with van der Waals surface area (Å²) in [6, 6.07) is 0. The molecule has 0 radical (unpaired) electrons. The zero-order chi connectivity index (χ0) is 8.44. The number of alkyl halides is 1. The average molecular weight is 210 g/mol. The lowest BCUT2D eigenvalue weighted by atomic mass is 9.89. The predicted octanol–water partition coefficient (Wildman–Crippen LogP) is 1.68. The van der Waals surface area contributed by atoms with E-state index in [1.807, 2.05) is 0 Å². The van der Waals surface area contributed by atoms with Crippen LogP contribution in [-0.2, 0) is 4.74 Å². The molecule has 2 nitrogen and oxygen atoms in total. The minimum absolute atomic E-state index is 0. The first-order chi connectivity index (χ1) is 5.79. The van der Waals surface area contributed by atoms with Gasteiger partial charge in [0.2, 0.25) is 0 Å². The fourth-order valence-corrected chi connectivity index (χ4v) is 1.92. The van der Waals surface area contributed by atoms with Crippen molar-refractivity contribution in [2.24, 2.45) is 0 Å². The number of rotatable bonds is 2. The molecule has 4 heteroatoms. The molecular weight excluding hydrogens is 193 g/mol. The van der Waals surface area contributed by atoms with Crippen LogP contribution in [0.2, 0.25) is 0 Å². The lowest BCUT2D eigenvalue weighted by Gasteiger charge is -2.38. The van der Waals surface area contributed by atoms with E-state index in [1.165, 1.54) is 6.42 Å². The summed E-state index contributed by atoms with van der Waals surface area (Å²) in [7, 11) is 0. The third-order valence-corrected chi connectivity index (χ3v) is 2.75. The molecule has 0 saturated carbocycles. The van der Waals surface area contributed by atoms with Crippen LogP contribution in [0.5, 0.6) is 0 Å². The maximum absolute atomic E-state index is 13.5. The van der Waals surface area contributed by atoms with E-state index in [0.29, 0.717) is 19.5 Å².